The van der Waals surface area contributed by atoms with E-state index < -0.39 is 0 Å². The van der Waals surface area contributed by atoms with E-state index >= 15 is 0 Å². The van der Waals surface area contributed by atoms with Crippen molar-refractivity contribution in [3.63, 3.8) is 0 Å². The van der Waals surface area contributed by atoms with E-state index in [0.29, 0.717) is 19.0 Å². The summed E-state index contributed by atoms with van der Waals surface area (Å²) in [7, 11) is 0. The molecule has 0 radical (unpaired) electrons. The molecule has 0 aromatic heterocycles. The van der Waals surface area contributed by atoms with Gasteiger partial charge in [0.25, 0.3) is 0 Å². The van der Waals surface area contributed by atoms with Gasteiger partial charge in [-0.25, -0.2) is 0 Å². The fourth-order valence-corrected chi connectivity index (χ4v) is 1.40. The van der Waals surface area contributed by atoms with Crippen LogP contribution in [0.4, 0.5) is 0 Å². The SMILES string of the molecule is CC(O)CN(CCC#N)C1CC1. The van der Waals surface area contributed by atoms with E-state index in [1.54, 1.807) is 6.92 Å². The van der Waals surface area contributed by atoms with Crippen molar-refractivity contribution in [1.82, 2.24) is 4.90 Å². The zero-order valence-corrected chi connectivity index (χ0v) is 7.53. The highest BCUT2D eigenvalue weighted by molar-refractivity contribution is 4.86. The van der Waals surface area contributed by atoms with E-state index in [0.717, 1.165) is 6.54 Å². The van der Waals surface area contributed by atoms with Crippen LogP contribution >= 0.6 is 0 Å². The minimum Gasteiger partial charge on any atom is -0.392 e. The number of nitriles is 1. The second kappa shape index (κ2) is 4.44. The van der Waals surface area contributed by atoms with Crippen molar-refractivity contribution in [3.8, 4) is 6.07 Å². The van der Waals surface area contributed by atoms with Crippen LogP contribution in [0.2, 0.25) is 0 Å². The minimum atomic E-state index is -0.274. The molecule has 1 rings (SSSR count). The molecule has 1 saturated carbocycles. The van der Waals surface area contributed by atoms with Gasteiger partial charge in [-0.3, -0.25) is 4.90 Å². The van der Waals surface area contributed by atoms with Crippen molar-refractivity contribution in [3.05, 3.63) is 0 Å². The molecule has 12 heavy (non-hydrogen) atoms. The van der Waals surface area contributed by atoms with Crippen LogP contribution in [-0.4, -0.2) is 35.2 Å². The van der Waals surface area contributed by atoms with Crippen molar-refractivity contribution in [1.29, 1.82) is 5.26 Å². The summed E-state index contributed by atoms with van der Waals surface area (Å²) >= 11 is 0. The van der Waals surface area contributed by atoms with Crippen molar-refractivity contribution in [2.75, 3.05) is 13.1 Å². The minimum absolute atomic E-state index is 0.274. The first-order valence-electron chi connectivity index (χ1n) is 4.53. The third-order valence-electron chi connectivity index (χ3n) is 2.07. The van der Waals surface area contributed by atoms with Gasteiger partial charge in [-0.2, -0.15) is 5.26 Å². The summed E-state index contributed by atoms with van der Waals surface area (Å²) < 4.78 is 0. The third kappa shape index (κ3) is 3.21. The van der Waals surface area contributed by atoms with Gasteiger partial charge in [0, 0.05) is 25.6 Å². The molecule has 0 spiro atoms. The zero-order chi connectivity index (χ0) is 8.97. The molecule has 0 amide bonds. The van der Waals surface area contributed by atoms with Crippen LogP contribution in [0.3, 0.4) is 0 Å². The highest BCUT2D eigenvalue weighted by atomic mass is 16.3. The van der Waals surface area contributed by atoms with Gasteiger partial charge in [0.15, 0.2) is 0 Å². The fraction of sp³-hybridized carbons (Fsp3) is 0.889. The van der Waals surface area contributed by atoms with E-state index in [1.165, 1.54) is 12.8 Å². The predicted molar refractivity (Wildman–Crippen MR) is 46.5 cm³/mol. The molecule has 0 heterocycles. The first-order valence-corrected chi connectivity index (χ1v) is 4.53. The van der Waals surface area contributed by atoms with Gasteiger partial charge in [-0.05, 0) is 19.8 Å². The average molecular weight is 168 g/mol. The summed E-state index contributed by atoms with van der Waals surface area (Å²) in [6.45, 7) is 3.32. The Bertz CT molecular complexity index is 170. The topological polar surface area (TPSA) is 47.3 Å². The number of nitrogens with zero attached hydrogens (tertiary/aromatic N) is 2. The molecule has 0 aromatic rings. The molecule has 3 heteroatoms. The number of aliphatic hydroxyl groups is 1. The lowest BCUT2D eigenvalue weighted by Gasteiger charge is -2.21. The summed E-state index contributed by atoms with van der Waals surface area (Å²) in [5, 5.41) is 17.6. The number of rotatable bonds is 5. The van der Waals surface area contributed by atoms with Crippen LogP contribution in [0.1, 0.15) is 26.2 Å². The summed E-state index contributed by atoms with van der Waals surface area (Å²) in [5.74, 6) is 0. The first kappa shape index (κ1) is 9.50. The molecule has 1 aliphatic rings. The Morgan fingerprint density at radius 1 is 1.67 bits per heavy atom. The van der Waals surface area contributed by atoms with E-state index in [1.807, 2.05) is 0 Å². The first-order chi connectivity index (χ1) is 5.74. The number of hydrogen-bond acceptors (Lipinski definition) is 3. The van der Waals surface area contributed by atoms with E-state index in [-0.39, 0.29) is 6.10 Å². The van der Waals surface area contributed by atoms with E-state index in [4.69, 9.17) is 5.26 Å². The van der Waals surface area contributed by atoms with Gasteiger partial charge in [-0.15, -0.1) is 0 Å². The average Bonchev–Trinajstić information content (AvgIpc) is 2.79. The second-order valence-electron chi connectivity index (χ2n) is 3.48. The predicted octanol–water partition coefficient (Wildman–Crippen LogP) is 0.745. The molecular weight excluding hydrogens is 152 g/mol. The Balaban J connectivity index is 2.23. The molecular formula is C9H16N2O. The standard InChI is InChI=1S/C9H16N2O/c1-8(12)7-11(6-2-5-10)9-3-4-9/h8-9,12H,2-4,6-7H2,1H3. The molecule has 0 aromatic carbocycles. The Kier molecular flexibility index (Phi) is 3.51. The van der Waals surface area contributed by atoms with Gasteiger partial charge in [0.1, 0.15) is 0 Å². The number of aliphatic hydroxyl groups excluding tert-OH is 1. The highest BCUT2D eigenvalue weighted by Gasteiger charge is 2.28. The molecule has 68 valence electrons. The van der Waals surface area contributed by atoms with Crippen LogP contribution in [0.25, 0.3) is 0 Å². The molecule has 1 aliphatic carbocycles. The molecule has 3 nitrogen and oxygen atoms in total. The molecule has 0 saturated heterocycles. The van der Waals surface area contributed by atoms with Crippen LogP contribution in [0, 0.1) is 11.3 Å². The quantitative estimate of drug-likeness (QED) is 0.658. The lowest BCUT2D eigenvalue weighted by molar-refractivity contribution is 0.123. The van der Waals surface area contributed by atoms with Crippen LogP contribution < -0.4 is 0 Å². The summed E-state index contributed by atoms with van der Waals surface area (Å²) in [5.41, 5.74) is 0. The van der Waals surface area contributed by atoms with Gasteiger partial charge < -0.3 is 5.11 Å². The monoisotopic (exact) mass is 168 g/mol. The lowest BCUT2D eigenvalue weighted by atomic mass is 10.3. The van der Waals surface area contributed by atoms with Gasteiger partial charge in [0.2, 0.25) is 0 Å². The summed E-state index contributed by atoms with van der Waals surface area (Å²) in [6, 6.07) is 2.78. The van der Waals surface area contributed by atoms with Crippen molar-refractivity contribution >= 4 is 0 Å². The van der Waals surface area contributed by atoms with E-state index in [2.05, 4.69) is 11.0 Å². The Hall–Kier alpha value is -0.590. The van der Waals surface area contributed by atoms with Crippen molar-refractivity contribution in [2.45, 2.75) is 38.3 Å². The molecule has 0 aliphatic heterocycles. The van der Waals surface area contributed by atoms with Crippen LogP contribution in [-0.2, 0) is 0 Å². The smallest absolute Gasteiger partial charge is 0.0639 e. The Morgan fingerprint density at radius 3 is 2.75 bits per heavy atom. The molecule has 1 N–H and O–H groups in total. The van der Waals surface area contributed by atoms with E-state index in [9.17, 15) is 5.11 Å². The maximum Gasteiger partial charge on any atom is 0.0639 e. The Morgan fingerprint density at radius 2 is 2.33 bits per heavy atom. The molecule has 0 bridgehead atoms. The molecule has 1 fully saturated rings. The largest absolute Gasteiger partial charge is 0.392 e. The normalized spacial score (nSPS) is 19.2. The third-order valence-corrected chi connectivity index (χ3v) is 2.07. The van der Waals surface area contributed by atoms with Crippen molar-refractivity contribution < 1.29 is 5.11 Å². The zero-order valence-electron chi connectivity index (χ0n) is 7.53. The van der Waals surface area contributed by atoms with Crippen molar-refractivity contribution in [2.24, 2.45) is 0 Å². The molecule has 1 atom stereocenters. The van der Waals surface area contributed by atoms with Gasteiger partial charge in [0.05, 0.1) is 12.2 Å². The fourth-order valence-electron chi connectivity index (χ4n) is 1.40. The van der Waals surface area contributed by atoms with Crippen LogP contribution in [0.5, 0.6) is 0 Å². The highest BCUT2D eigenvalue weighted by Crippen LogP contribution is 2.26. The Labute approximate surface area is 73.6 Å². The summed E-state index contributed by atoms with van der Waals surface area (Å²) in [6.07, 6.45) is 2.77. The second-order valence-corrected chi connectivity index (χ2v) is 3.48. The van der Waals surface area contributed by atoms with Gasteiger partial charge in [-0.1, -0.05) is 0 Å². The summed E-state index contributed by atoms with van der Waals surface area (Å²) in [4.78, 5) is 2.22. The maximum atomic E-state index is 9.17. The van der Waals surface area contributed by atoms with Gasteiger partial charge >= 0.3 is 0 Å². The number of hydrogen-bond donors (Lipinski definition) is 1. The van der Waals surface area contributed by atoms with Crippen LogP contribution in [0.15, 0.2) is 0 Å². The lowest BCUT2D eigenvalue weighted by Crippen LogP contribution is -2.33. The molecule has 1 unspecified atom stereocenters. The maximum absolute atomic E-state index is 9.17.